The average Bonchev–Trinajstić information content (AvgIpc) is 2.55. The molecule has 26 heavy (non-hydrogen) atoms. The molecule has 1 unspecified atom stereocenters. The van der Waals surface area contributed by atoms with Crippen LogP contribution in [0.4, 0.5) is 13.2 Å². The molecule has 1 aromatic carbocycles. The van der Waals surface area contributed by atoms with Crippen molar-refractivity contribution in [3.05, 3.63) is 64.2 Å². The second kappa shape index (κ2) is 7.45. The molecule has 0 fully saturated rings. The van der Waals surface area contributed by atoms with Gasteiger partial charge in [-0.1, -0.05) is 6.92 Å². The number of benzene rings is 1. The highest BCUT2D eigenvalue weighted by atomic mass is 32.2. The number of primary amides is 1. The van der Waals surface area contributed by atoms with Crippen molar-refractivity contribution in [1.82, 2.24) is 4.98 Å². The summed E-state index contributed by atoms with van der Waals surface area (Å²) in [6.45, 7) is 3.04. The summed E-state index contributed by atoms with van der Waals surface area (Å²) < 4.78 is 67.8. The Hall–Kier alpha value is -2.42. The molecule has 140 valence electrons. The van der Waals surface area contributed by atoms with Gasteiger partial charge >= 0.3 is 0 Å². The predicted molar refractivity (Wildman–Crippen MR) is 89.7 cm³/mol. The number of nitrogens with two attached hydrogens (primary N) is 1. The fraction of sp³-hybridized carbons (Fsp3) is 0.294. The standard InChI is InChI=1S/C17H17F3N2O3S/c1-3-6-26(24,25)16(14-11(18)4-5-12(19)15(14)20)10-8-22-13(17(21)23)7-9(10)2/h4-5,7-8,16H,3,6H2,1-2H3,(H2,21,23). The van der Waals surface area contributed by atoms with E-state index in [0.717, 1.165) is 6.20 Å². The van der Waals surface area contributed by atoms with Crippen molar-refractivity contribution in [3.63, 3.8) is 0 Å². The third-order valence-corrected chi connectivity index (χ3v) is 6.06. The molecule has 0 radical (unpaired) electrons. The largest absolute Gasteiger partial charge is 0.364 e. The van der Waals surface area contributed by atoms with Gasteiger partial charge in [0.05, 0.1) is 5.75 Å². The van der Waals surface area contributed by atoms with E-state index in [9.17, 15) is 26.4 Å². The number of aromatic nitrogens is 1. The number of pyridine rings is 1. The summed E-state index contributed by atoms with van der Waals surface area (Å²) in [5.41, 5.74) is 4.29. The number of carbonyl (C=O) groups is 1. The van der Waals surface area contributed by atoms with Crippen LogP contribution in [-0.4, -0.2) is 25.1 Å². The molecular weight excluding hydrogens is 369 g/mol. The molecule has 1 atom stereocenters. The quantitative estimate of drug-likeness (QED) is 0.773. The Balaban J connectivity index is 2.81. The van der Waals surface area contributed by atoms with Crippen molar-refractivity contribution in [3.8, 4) is 0 Å². The Morgan fingerprint density at radius 1 is 1.23 bits per heavy atom. The van der Waals surface area contributed by atoms with Gasteiger partial charge in [-0.2, -0.15) is 0 Å². The molecule has 1 aromatic heterocycles. The Kier molecular flexibility index (Phi) is 5.70. The maximum atomic E-state index is 14.3. The maximum absolute atomic E-state index is 14.3. The smallest absolute Gasteiger partial charge is 0.267 e. The van der Waals surface area contributed by atoms with Gasteiger partial charge in [0.15, 0.2) is 21.5 Å². The van der Waals surface area contributed by atoms with Crippen molar-refractivity contribution in [2.45, 2.75) is 25.5 Å². The molecule has 1 amide bonds. The molecule has 1 heterocycles. The van der Waals surface area contributed by atoms with Gasteiger partial charge in [-0.3, -0.25) is 9.78 Å². The summed E-state index contributed by atoms with van der Waals surface area (Å²) in [5.74, 6) is -5.34. The number of rotatable bonds is 6. The Morgan fingerprint density at radius 2 is 1.85 bits per heavy atom. The third-order valence-electron chi connectivity index (χ3n) is 3.88. The van der Waals surface area contributed by atoms with Gasteiger partial charge in [0, 0.05) is 11.8 Å². The second-order valence-corrected chi connectivity index (χ2v) is 8.00. The molecule has 2 N–H and O–H groups in total. The Morgan fingerprint density at radius 3 is 2.38 bits per heavy atom. The minimum absolute atomic E-state index is 0.0492. The van der Waals surface area contributed by atoms with E-state index in [1.54, 1.807) is 6.92 Å². The SMILES string of the molecule is CCCS(=O)(=O)C(c1cnc(C(N)=O)cc1C)c1c(F)ccc(F)c1F. The van der Waals surface area contributed by atoms with Gasteiger partial charge in [0.1, 0.15) is 16.8 Å². The molecular formula is C17H17F3N2O3S. The van der Waals surface area contributed by atoms with Crippen molar-refractivity contribution in [2.24, 2.45) is 5.73 Å². The van der Waals surface area contributed by atoms with Crippen molar-refractivity contribution in [2.75, 3.05) is 5.75 Å². The summed E-state index contributed by atoms with van der Waals surface area (Å²) in [5, 5.41) is -1.80. The van der Waals surface area contributed by atoms with E-state index in [2.05, 4.69) is 4.98 Å². The van der Waals surface area contributed by atoms with E-state index >= 15 is 0 Å². The summed E-state index contributed by atoms with van der Waals surface area (Å²) in [7, 11) is -4.10. The highest BCUT2D eigenvalue weighted by molar-refractivity contribution is 7.91. The third kappa shape index (κ3) is 3.72. The Labute approximate surface area is 149 Å². The van der Waals surface area contributed by atoms with Crippen LogP contribution in [0.5, 0.6) is 0 Å². The molecule has 5 nitrogen and oxygen atoms in total. The number of hydrogen-bond donors (Lipinski definition) is 1. The number of amides is 1. The molecule has 0 aliphatic rings. The van der Waals surface area contributed by atoms with Gasteiger partial charge in [-0.05, 0) is 42.7 Å². The molecule has 0 aliphatic carbocycles. The molecule has 0 saturated carbocycles. The fourth-order valence-electron chi connectivity index (χ4n) is 2.69. The van der Waals surface area contributed by atoms with E-state index in [1.807, 2.05) is 0 Å². The van der Waals surface area contributed by atoms with Crippen LogP contribution in [-0.2, 0) is 9.84 Å². The van der Waals surface area contributed by atoms with Crippen LogP contribution in [0.2, 0.25) is 0 Å². The summed E-state index contributed by atoms with van der Waals surface area (Å²) >= 11 is 0. The normalized spacial score (nSPS) is 12.8. The molecule has 0 bridgehead atoms. The van der Waals surface area contributed by atoms with Crippen LogP contribution in [0, 0.1) is 24.4 Å². The number of sulfone groups is 1. The van der Waals surface area contributed by atoms with Crippen molar-refractivity contribution >= 4 is 15.7 Å². The summed E-state index contributed by atoms with van der Waals surface area (Å²) in [6, 6.07) is 2.48. The number of halogens is 3. The second-order valence-electron chi connectivity index (χ2n) is 5.79. The number of hydrogen-bond acceptors (Lipinski definition) is 4. The van der Waals surface area contributed by atoms with E-state index in [0.29, 0.717) is 12.1 Å². The highest BCUT2D eigenvalue weighted by Gasteiger charge is 2.35. The van der Waals surface area contributed by atoms with Gasteiger partial charge in [-0.25, -0.2) is 21.6 Å². The zero-order valence-electron chi connectivity index (χ0n) is 14.1. The van der Waals surface area contributed by atoms with Crippen molar-refractivity contribution < 1.29 is 26.4 Å². The lowest BCUT2D eigenvalue weighted by Crippen LogP contribution is -2.23. The maximum Gasteiger partial charge on any atom is 0.267 e. The van der Waals surface area contributed by atoms with Gasteiger partial charge in [0.2, 0.25) is 0 Å². The Bertz CT molecular complexity index is 962. The minimum atomic E-state index is -4.10. The topological polar surface area (TPSA) is 90.1 Å². The number of nitrogens with zero attached hydrogens (tertiary/aromatic N) is 1. The van der Waals surface area contributed by atoms with Gasteiger partial charge < -0.3 is 5.73 Å². The average molecular weight is 386 g/mol. The van der Waals surface area contributed by atoms with Gasteiger partial charge in [0.25, 0.3) is 5.91 Å². The molecule has 0 aliphatic heterocycles. The van der Waals surface area contributed by atoms with Crippen LogP contribution in [0.1, 0.15) is 45.8 Å². The van der Waals surface area contributed by atoms with E-state index in [-0.39, 0.29) is 29.0 Å². The van der Waals surface area contributed by atoms with E-state index in [4.69, 9.17) is 5.73 Å². The summed E-state index contributed by atoms with van der Waals surface area (Å²) in [6.07, 6.45) is 1.22. The zero-order valence-corrected chi connectivity index (χ0v) is 14.9. The monoisotopic (exact) mass is 386 g/mol. The van der Waals surface area contributed by atoms with Gasteiger partial charge in [-0.15, -0.1) is 0 Å². The molecule has 0 saturated heterocycles. The molecule has 2 aromatic rings. The van der Waals surface area contributed by atoms with E-state index < -0.39 is 44.0 Å². The first-order valence-electron chi connectivity index (χ1n) is 7.71. The van der Waals surface area contributed by atoms with Crippen LogP contribution >= 0.6 is 0 Å². The lowest BCUT2D eigenvalue weighted by Gasteiger charge is -2.21. The van der Waals surface area contributed by atoms with E-state index in [1.165, 1.54) is 13.0 Å². The molecule has 2 rings (SSSR count). The minimum Gasteiger partial charge on any atom is -0.364 e. The zero-order chi connectivity index (χ0) is 19.6. The van der Waals surface area contributed by atoms with Crippen LogP contribution < -0.4 is 5.73 Å². The molecule has 9 heteroatoms. The summed E-state index contributed by atoms with van der Waals surface area (Å²) in [4.78, 5) is 15.0. The lowest BCUT2D eigenvalue weighted by molar-refractivity contribution is 0.0995. The predicted octanol–water partition coefficient (Wildman–Crippen LogP) is 2.82. The lowest BCUT2D eigenvalue weighted by atomic mass is 10.00. The highest BCUT2D eigenvalue weighted by Crippen LogP contribution is 2.36. The number of aryl methyl sites for hydroxylation is 1. The fourth-order valence-corrected chi connectivity index (χ4v) is 4.70. The first-order valence-corrected chi connectivity index (χ1v) is 9.43. The van der Waals surface area contributed by atoms with Crippen LogP contribution in [0.25, 0.3) is 0 Å². The molecule has 0 spiro atoms. The first-order chi connectivity index (χ1) is 12.1. The van der Waals surface area contributed by atoms with Crippen molar-refractivity contribution in [1.29, 1.82) is 0 Å². The van der Waals surface area contributed by atoms with Crippen LogP contribution in [0.15, 0.2) is 24.4 Å². The number of carbonyl (C=O) groups excluding carboxylic acids is 1. The van der Waals surface area contributed by atoms with Crippen LogP contribution in [0.3, 0.4) is 0 Å². The first kappa shape index (κ1) is 19.9.